The number of piperidine rings is 2. The van der Waals surface area contributed by atoms with Gasteiger partial charge in [0.1, 0.15) is 5.82 Å². The third kappa shape index (κ3) is 5.08. The standard InChI is InChI=1S/C30H34N6O/c1-22-7-9-25(10-8-22)29-32-31-27-11-12-28(33-36(27)29)34-19-15-26(16-20-34)30(37)35-17-13-24(14-18-35)21-23-5-3-2-4-6-23/h2-12,24,26H,13-21H2,1H3. The van der Waals surface area contributed by atoms with Crippen LogP contribution in [-0.4, -0.2) is 56.8 Å². The molecule has 7 heteroatoms. The highest BCUT2D eigenvalue weighted by Crippen LogP contribution is 2.28. The molecular formula is C30H34N6O. The first kappa shape index (κ1) is 23.6. The van der Waals surface area contributed by atoms with E-state index < -0.39 is 0 Å². The first-order valence-corrected chi connectivity index (χ1v) is 13.5. The Balaban J connectivity index is 1.06. The highest BCUT2D eigenvalue weighted by Gasteiger charge is 2.31. The van der Waals surface area contributed by atoms with E-state index in [1.807, 2.05) is 16.6 Å². The van der Waals surface area contributed by atoms with Crippen molar-refractivity contribution in [1.82, 2.24) is 24.7 Å². The number of aryl methyl sites for hydroxylation is 1. The third-order valence-electron chi connectivity index (χ3n) is 8.02. The topological polar surface area (TPSA) is 66.6 Å². The molecule has 0 N–H and O–H groups in total. The predicted octanol–water partition coefficient (Wildman–Crippen LogP) is 4.80. The number of benzene rings is 2. The van der Waals surface area contributed by atoms with Gasteiger partial charge in [-0.1, -0.05) is 60.2 Å². The molecule has 0 atom stereocenters. The summed E-state index contributed by atoms with van der Waals surface area (Å²) in [5.41, 5.74) is 4.35. The number of fused-ring (bicyclic) bond motifs is 1. The van der Waals surface area contributed by atoms with Gasteiger partial charge in [-0.15, -0.1) is 15.3 Å². The Morgan fingerprint density at radius 1 is 0.838 bits per heavy atom. The maximum Gasteiger partial charge on any atom is 0.225 e. The van der Waals surface area contributed by atoms with Gasteiger partial charge in [0.15, 0.2) is 11.5 Å². The lowest BCUT2D eigenvalue weighted by atomic mass is 9.88. The van der Waals surface area contributed by atoms with E-state index in [0.29, 0.717) is 11.8 Å². The van der Waals surface area contributed by atoms with Crippen LogP contribution in [0.15, 0.2) is 66.7 Å². The molecule has 0 unspecified atom stereocenters. The van der Waals surface area contributed by atoms with Crippen molar-refractivity contribution in [3.05, 3.63) is 77.9 Å². The third-order valence-corrected chi connectivity index (χ3v) is 8.02. The first-order chi connectivity index (χ1) is 18.1. The van der Waals surface area contributed by atoms with Crippen LogP contribution >= 0.6 is 0 Å². The lowest BCUT2D eigenvalue weighted by Crippen LogP contribution is -2.45. The molecule has 4 aromatic rings. The summed E-state index contributed by atoms with van der Waals surface area (Å²) in [4.78, 5) is 17.7. The Bertz CT molecular complexity index is 1350. The maximum absolute atomic E-state index is 13.3. The van der Waals surface area contributed by atoms with Crippen LogP contribution in [0.3, 0.4) is 0 Å². The highest BCUT2D eigenvalue weighted by atomic mass is 16.2. The lowest BCUT2D eigenvalue weighted by Gasteiger charge is -2.37. The number of hydrogen-bond acceptors (Lipinski definition) is 5. The van der Waals surface area contributed by atoms with Crippen LogP contribution in [0.2, 0.25) is 0 Å². The molecule has 2 aliphatic rings. The minimum absolute atomic E-state index is 0.115. The molecule has 0 spiro atoms. The lowest BCUT2D eigenvalue weighted by molar-refractivity contribution is -0.137. The zero-order valence-electron chi connectivity index (χ0n) is 21.5. The summed E-state index contributed by atoms with van der Waals surface area (Å²) in [5, 5.41) is 13.6. The average molecular weight is 495 g/mol. The molecule has 190 valence electrons. The molecule has 2 aliphatic heterocycles. The Morgan fingerprint density at radius 3 is 2.30 bits per heavy atom. The van der Waals surface area contributed by atoms with Gasteiger partial charge in [-0.2, -0.15) is 4.52 Å². The van der Waals surface area contributed by atoms with E-state index in [-0.39, 0.29) is 5.92 Å². The van der Waals surface area contributed by atoms with Gasteiger partial charge >= 0.3 is 0 Å². The Labute approximate surface area is 218 Å². The zero-order chi connectivity index (χ0) is 25.2. The summed E-state index contributed by atoms with van der Waals surface area (Å²) >= 11 is 0. The summed E-state index contributed by atoms with van der Waals surface area (Å²) in [7, 11) is 0. The van der Waals surface area contributed by atoms with Crippen molar-refractivity contribution in [1.29, 1.82) is 0 Å². The SMILES string of the molecule is Cc1ccc(-c2nnc3ccc(N4CCC(C(=O)N5CCC(Cc6ccccc6)CC5)CC4)nn23)cc1. The Morgan fingerprint density at radius 2 is 1.57 bits per heavy atom. The van der Waals surface area contributed by atoms with Crippen molar-refractivity contribution in [2.24, 2.45) is 11.8 Å². The van der Waals surface area contributed by atoms with Crippen molar-refractivity contribution in [2.75, 3.05) is 31.1 Å². The summed E-state index contributed by atoms with van der Waals surface area (Å²) in [6.45, 7) is 5.53. The van der Waals surface area contributed by atoms with Gasteiger partial charge in [0.2, 0.25) is 5.91 Å². The van der Waals surface area contributed by atoms with Crippen molar-refractivity contribution in [3.63, 3.8) is 0 Å². The van der Waals surface area contributed by atoms with Crippen molar-refractivity contribution in [2.45, 2.75) is 39.0 Å². The van der Waals surface area contributed by atoms with E-state index in [4.69, 9.17) is 5.10 Å². The fourth-order valence-corrected chi connectivity index (χ4v) is 5.75. The second-order valence-corrected chi connectivity index (χ2v) is 10.6. The number of nitrogens with zero attached hydrogens (tertiary/aromatic N) is 6. The summed E-state index contributed by atoms with van der Waals surface area (Å²) < 4.78 is 1.83. The molecule has 0 bridgehead atoms. The van der Waals surface area contributed by atoms with Gasteiger partial charge in [0.05, 0.1) is 0 Å². The van der Waals surface area contributed by atoms with Gasteiger partial charge in [0, 0.05) is 37.7 Å². The fraction of sp³-hybridized carbons (Fsp3) is 0.400. The summed E-state index contributed by atoms with van der Waals surface area (Å²) in [6.07, 6.45) is 5.07. The van der Waals surface area contributed by atoms with Crippen LogP contribution in [0, 0.1) is 18.8 Å². The van der Waals surface area contributed by atoms with Crippen LogP contribution in [0.25, 0.3) is 17.0 Å². The quantitative estimate of drug-likeness (QED) is 0.399. The fourth-order valence-electron chi connectivity index (χ4n) is 5.75. The molecule has 4 heterocycles. The van der Waals surface area contributed by atoms with E-state index in [1.165, 1.54) is 11.1 Å². The molecule has 0 aliphatic carbocycles. The number of amides is 1. The normalized spacial score (nSPS) is 17.4. The highest BCUT2D eigenvalue weighted by molar-refractivity contribution is 5.79. The monoisotopic (exact) mass is 494 g/mol. The van der Waals surface area contributed by atoms with Gasteiger partial charge in [0.25, 0.3) is 0 Å². The number of carbonyl (C=O) groups excluding carboxylic acids is 1. The van der Waals surface area contributed by atoms with Crippen molar-refractivity contribution < 1.29 is 4.79 Å². The number of hydrogen-bond donors (Lipinski definition) is 0. The number of rotatable bonds is 5. The minimum Gasteiger partial charge on any atom is -0.355 e. The molecular weight excluding hydrogens is 460 g/mol. The Hall–Kier alpha value is -3.74. The van der Waals surface area contributed by atoms with Crippen LogP contribution in [0.1, 0.15) is 36.8 Å². The van der Waals surface area contributed by atoms with Crippen LogP contribution < -0.4 is 4.90 Å². The number of aromatic nitrogens is 4. The predicted molar refractivity (Wildman–Crippen MR) is 145 cm³/mol. The smallest absolute Gasteiger partial charge is 0.225 e. The van der Waals surface area contributed by atoms with E-state index >= 15 is 0 Å². The van der Waals surface area contributed by atoms with Crippen LogP contribution in [0.4, 0.5) is 5.82 Å². The first-order valence-electron chi connectivity index (χ1n) is 13.5. The van der Waals surface area contributed by atoms with E-state index in [0.717, 1.165) is 81.1 Å². The van der Waals surface area contributed by atoms with Crippen LogP contribution in [-0.2, 0) is 11.2 Å². The van der Waals surface area contributed by atoms with Crippen LogP contribution in [0.5, 0.6) is 0 Å². The van der Waals surface area contributed by atoms with E-state index in [2.05, 4.69) is 81.5 Å². The molecule has 2 aromatic heterocycles. The average Bonchev–Trinajstić information content (AvgIpc) is 3.37. The molecule has 6 rings (SSSR count). The van der Waals surface area contributed by atoms with Crippen molar-refractivity contribution in [3.8, 4) is 11.4 Å². The molecule has 37 heavy (non-hydrogen) atoms. The molecule has 1 amide bonds. The largest absolute Gasteiger partial charge is 0.355 e. The molecule has 2 fully saturated rings. The van der Waals surface area contributed by atoms with Gasteiger partial charge < -0.3 is 9.80 Å². The van der Waals surface area contributed by atoms with Crippen molar-refractivity contribution >= 4 is 17.4 Å². The Kier molecular flexibility index (Phi) is 6.60. The minimum atomic E-state index is 0.115. The number of carbonyl (C=O) groups is 1. The molecule has 7 nitrogen and oxygen atoms in total. The van der Waals surface area contributed by atoms with Gasteiger partial charge in [-0.3, -0.25) is 4.79 Å². The van der Waals surface area contributed by atoms with E-state index in [1.54, 1.807) is 0 Å². The molecule has 2 aromatic carbocycles. The second kappa shape index (κ2) is 10.3. The summed E-state index contributed by atoms with van der Waals surface area (Å²) in [6, 6.07) is 23.0. The molecule has 0 radical (unpaired) electrons. The maximum atomic E-state index is 13.3. The van der Waals surface area contributed by atoms with E-state index in [9.17, 15) is 4.79 Å². The van der Waals surface area contributed by atoms with Gasteiger partial charge in [-0.05, 0) is 62.6 Å². The zero-order valence-corrected chi connectivity index (χ0v) is 21.5. The molecule has 0 saturated carbocycles. The summed E-state index contributed by atoms with van der Waals surface area (Å²) in [5.74, 6) is 2.80. The number of anilines is 1. The molecule has 2 saturated heterocycles. The van der Waals surface area contributed by atoms with Gasteiger partial charge in [-0.25, -0.2) is 0 Å². The number of likely N-dealkylation sites (tertiary alicyclic amines) is 1. The second-order valence-electron chi connectivity index (χ2n) is 10.6.